The van der Waals surface area contributed by atoms with Crippen molar-refractivity contribution in [3.05, 3.63) is 36.4 Å². The second-order valence-electron chi connectivity index (χ2n) is 5.19. The van der Waals surface area contributed by atoms with Gasteiger partial charge >= 0.3 is 12.3 Å². The molecule has 0 aromatic heterocycles. The molecule has 13 heteroatoms. The van der Waals surface area contributed by atoms with Crippen molar-refractivity contribution in [2.75, 3.05) is 12.4 Å². The smallest absolute Gasteiger partial charge is 0.462 e. The Morgan fingerprint density at radius 2 is 1.70 bits per heavy atom. The van der Waals surface area contributed by atoms with E-state index in [9.17, 15) is 34.8 Å². The fourth-order valence-electron chi connectivity index (χ4n) is 1.61. The summed E-state index contributed by atoms with van der Waals surface area (Å²) in [6.07, 6.45) is -5.13. The van der Waals surface area contributed by atoms with Crippen molar-refractivity contribution in [1.29, 1.82) is 0 Å². The van der Waals surface area contributed by atoms with E-state index in [1.807, 2.05) is 0 Å². The minimum atomic E-state index is -4.95. The topological polar surface area (TPSA) is 116 Å². The van der Waals surface area contributed by atoms with E-state index in [1.54, 1.807) is 0 Å². The average molecular weight is 431 g/mol. The summed E-state index contributed by atoms with van der Waals surface area (Å²) in [5, 5.41) is 0. The van der Waals surface area contributed by atoms with Crippen LogP contribution in [0.1, 0.15) is 13.3 Å². The highest BCUT2D eigenvalue weighted by molar-refractivity contribution is 8.04. The van der Waals surface area contributed by atoms with Crippen LogP contribution >= 0.6 is 0 Å². The van der Waals surface area contributed by atoms with Gasteiger partial charge in [0.1, 0.15) is 5.75 Å². The predicted molar refractivity (Wildman–Crippen MR) is 87.6 cm³/mol. The van der Waals surface area contributed by atoms with E-state index in [-0.39, 0.29) is 18.6 Å². The normalized spacial score (nSPS) is 12.4. The van der Waals surface area contributed by atoms with Gasteiger partial charge in [-0.15, -0.1) is 17.3 Å². The molecule has 0 aliphatic heterocycles. The molecule has 0 bridgehead atoms. The van der Waals surface area contributed by atoms with Gasteiger partial charge in [0, 0.05) is 5.57 Å². The number of alkyl halides is 3. The van der Waals surface area contributed by atoms with Gasteiger partial charge in [-0.2, -0.15) is 0 Å². The fourth-order valence-corrected chi connectivity index (χ4v) is 4.66. The number of sulfonamides is 2. The van der Waals surface area contributed by atoms with E-state index in [0.717, 1.165) is 24.3 Å². The maximum atomic E-state index is 12.1. The quantitative estimate of drug-likeness (QED) is 0.359. The Hall–Kier alpha value is -2.12. The minimum absolute atomic E-state index is 0.122. The molecule has 0 aliphatic carbocycles. The van der Waals surface area contributed by atoms with Crippen LogP contribution in [0.5, 0.6) is 5.75 Å². The molecule has 0 spiro atoms. The van der Waals surface area contributed by atoms with Crippen LogP contribution < -0.4 is 8.86 Å². The lowest BCUT2D eigenvalue weighted by molar-refractivity contribution is -0.274. The minimum Gasteiger partial charge on any atom is -0.462 e. The zero-order chi connectivity index (χ0) is 20.9. The summed E-state index contributed by atoms with van der Waals surface area (Å²) in [4.78, 5) is 10.6. The molecule has 0 radical (unpaired) electrons. The molecule has 152 valence electrons. The lowest BCUT2D eigenvalue weighted by atomic mass is 10.3. The molecular weight excluding hydrogens is 415 g/mol. The zero-order valence-electron chi connectivity index (χ0n) is 13.9. The maximum absolute atomic E-state index is 12.1. The SMILES string of the molecule is C=C(C)C(=O)OCCCS(=O)(=O)NS(=O)(=O)c1ccc(OC(F)(F)F)cc1. The van der Waals surface area contributed by atoms with Gasteiger partial charge in [-0.1, -0.05) is 6.58 Å². The van der Waals surface area contributed by atoms with Gasteiger partial charge in [-0.05, 0) is 37.6 Å². The number of esters is 1. The van der Waals surface area contributed by atoms with E-state index in [2.05, 4.69) is 16.1 Å². The number of halogens is 3. The first-order chi connectivity index (χ1) is 12.2. The summed E-state index contributed by atoms with van der Waals surface area (Å²) in [7, 11) is -8.85. The van der Waals surface area contributed by atoms with E-state index < -0.39 is 48.8 Å². The molecule has 1 aromatic carbocycles. The molecule has 1 aromatic rings. The Balaban J connectivity index is 2.69. The van der Waals surface area contributed by atoms with Crippen LogP contribution in [0.25, 0.3) is 0 Å². The van der Waals surface area contributed by atoms with E-state index in [4.69, 9.17) is 0 Å². The van der Waals surface area contributed by atoms with E-state index in [1.165, 1.54) is 11.1 Å². The van der Waals surface area contributed by atoms with Crippen molar-refractivity contribution in [3.63, 3.8) is 0 Å². The maximum Gasteiger partial charge on any atom is 0.573 e. The highest BCUT2D eigenvalue weighted by Crippen LogP contribution is 2.24. The van der Waals surface area contributed by atoms with Crippen molar-refractivity contribution in [3.8, 4) is 5.75 Å². The second-order valence-corrected chi connectivity index (χ2v) is 8.98. The van der Waals surface area contributed by atoms with Gasteiger partial charge in [0.15, 0.2) is 0 Å². The van der Waals surface area contributed by atoms with E-state index in [0.29, 0.717) is 0 Å². The van der Waals surface area contributed by atoms with Crippen LogP contribution in [0.2, 0.25) is 0 Å². The summed E-state index contributed by atoms with van der Waals surface area (Å²) in [6, 6.07) is 2.97. The molecule has 1 N–H and O–H groups in total. The predicted octanol–water partition coefficient (Wildman–Crippen LogP) is 1.70. The number of ether oxygens (including phenoxy) is 2. The molecule has 8 nitrogen and oxygen atoms in total. The number of carbonyl (C=O) groups excluding carboxylic acids is 1. The van der Waals surface area contributed by atoms with Crippen molar-refractivity contribution in [1.82, 2.24) is 4.13 Å². The highest BCUT2D eigenvalue weighted by atomic mass is 32.3. The first-order valence-electron chi connectivity index (χ1n) is 7.16. The molecule has 0 aliphatic rings. The lowest BCUT2D eigenvalue weighted by Crippen LogP contribution is -2.33. The number of benzene rings is 1. The van der Waals surface area contributed by atoms with Gasteiger partial charge in [0.25, 0.3) is 10.0 Å². The third-order valence-corrected chi connectivity index (χ3v) is 6.36. The summed E-state index contributed by atoms with van der Waals surface area (Å²) >= 11 is 0. The number of rotatable bonds is 9. The third-order valence-electron chi connectivity index (χ3n) is 2.74. The number of carbonyl (C=O) groups is 1. The number of hydrogen-bond donors (Lipinski definition) is 1. The van der Waals surface area contributed by atoms with Gasteiger partial charge in [-0.3, -0.25) is 0 Å². The third kappa shape index (κ3) is 8.41. The van der Waals surface area contributed by atoms with Crippen LogP contribution in [0.4, 0.5) is 13.2 Å². The Labute approximate surface area is 154 Å². The Kier molecular flexibility index (Phi) is 7.40. The van der Waals surface area contributed by atoms with Gasteiger partial charge in [0.2, 0.25) is 10.0 Å². The van der Waals surface area contributed by atoms with Gasteiger partial charge in [0.05, 0.1) is 17.3 Å². The van der Waals surface area contributed by atoms with Crippen molar-refractivity contribution >= 4 is 26.0 Å². The summed E-state index contributed by atoms with van der Waals surface area (Å²) in [6.45, 7) is 4.47. The lowest BCUT2D eigenvalue weighted by Gasteiger charge is -2.10. The van der Waals surface area contributed by atoms with Crippen molar-refractivity contribution in [2.24, 2.45) is 0 Å². The molecule has 0 saturated carbocycles. The Bertz CT molecular complexity index is 892. The number of hydrogen-bond acceptors (Lipinski definition) is 7. The largest absolute Gasteiger partial charge is 0.573 e. The van der Waals surface area contributed by atoms with E-state index >= 15 is 0 Å². The number of nitrogens with one attached hydrogen (secondary N) is 1. The molecule has 27 heavy (non-hydrogen) atoms. The molecule has 1 rings (SSSR count). The molecule has 0 fully saturated rings. The van der Waals surface area contributed by atoms with Gasteiger partial charge < -0.3 is 9.47 Å². The molecule has 0 atom stereocenters. The first-order valence-corrected chi connectivity index (χ1v) is 10.3. The second kappa shape index (κ2) is 8.71. The zero-order valence-corrected chi connectivity index (χ0v) is 15.6. The monoisotopic (exact) mass is 431 g/mol. The first kappa shape index (κ1) is 22.9. The van der Waals surface area contributed by atoms with Crippen LogP contribution in [0.15, 0.2) is 41.3 Å². The van der Waals surface area contributed by atoms with Crippen molar-refractivity contribution < 1.29 is 44.3 Å². The molecule has 0 heterocycles. The molecule has 0 saturated heterocycles. The Morgan fingerprint density at radius 3 is 2.19 bits per heavy atom. The van der Waals surface area contributed by atoms with Crippen molar-refractivity contribution in [2.45, 2.75) is 24.6 Å². The highest BCUT2D eigenvalue weighted by Gasteiger charge is 2.31. The van der Waals surface area contributed by atoms with Crippen LogP contribution in [-0.4, -0.2) is 41.5 Å². The summed E-state index contributed by atoms with van der Waals surface area (Å²) < 4.78 is 93.6. The van der Waals surface area contributed by atoms with Crippen LogP contribution in [0.3, 0.4) is 0 Å². The summed E-state index contributed by atoms with van der Waals surface area (Å²) in [5.41, 5.74) is 0.122. The molecular formula is C14H16F3NO7S2. The standard InChI is InChI=1S/C14H16F3NO7S2/c1-10(2)13(19)24-8-3-9-26(20,21)18-27(22,23)12-6-4-11(5-7-12)25-14(15,16)17/h4-7,18H,1,3,8-9H2,2H3. The summed E-state index contributed by atoms with van der Waals surface area (Å²) in [5.74, 6) is -2.04. The fraction of sp³-hybridized carbons (Fsp3) is 0.357. The van der Waals surface area contributed by atoms with Crippen LogP contribution in [-0.2, 0) is 29.6 Å². The Morgan fingerprint density at radius 1 is 1.15 bits per heavy atom. The molecule has 0 unspecified atom stereocenters. The average Bonchev–Trinajstić information content (AvgIpc) is 2.49. The van der Waals surface area contributed by atoms with Gasteiger partial charge in [-0.25, -0.2) is 21.6 Å². The van der Waals surface area contributed by atoms with Crippen LogP contribution in [0, 0.1) is 0 Å². The molecule has 0 amide bonds.